The fourth-order valence-corrected chi connectivity index (χ4v) is 2.43. The smallest absolute Gasteiger partial charge is 0.223 e. The molecule has 0 bridgehead atoms. The van der Waals surface area contributed by atoms with E-state index in [4.69, 9.17) is 4.74 Å². The molecule has 1 aliphatic heterocycles. The van der Waals surface area contributed by atoms with Gasteiger partial charge in [0, 0.05) is 45.4 Å². The van der Waals surface area contributed by atoms with Crippen LogP contribution in [0.2, 0.25) is 0 Å². The highest BCUT2D eigenvalue weighted by Crippen LogP contribution is 2.21. The molecule has 0 aliphatic carbocycles. The lowest BCUT2D eigenvalue weighted by atomic mass is 10.0. The number of amides is 1. The summed E-state index contributed by atoms with van der Waals surface area (Å²) in [6.45, 7) is 6.32. The van der Waals surface area contributed by atoms with Crippen molar-refractivity contribution in [2.45, 2.75) is 32.6 Å². The average molecular weight is 277 g/mol. The van der Waals surface area contributed by atoms with Crippen LogP contribution in [0.1, 0.15) is 37.6 Å². The van der Waals surface area contributed by atoms with Crippen LogP contribution in [-0.2, 0) is 16.0 Å². The third kappa shape index (κ3) is 3.76. The quantitative estimate of drug-likeness (QED) is 0.793. The molecule has 1 aliphatic rings. The summed E-state index contributed by atoms with van der Waals surface area (Å²) in [5.74, 6) is 1.82. The van der Waals surface area contributed by atoms with Gasteiger partial charge < -0.3 is 9.64 Å². The van der Waals surface area contributed by atoms with Gasteiger partial charge >= 0.3 is 0 Å². The Bertz CT molecular complexity index is 445. The molecule has 0 aromatic carbocycles. The Morgan fingerprint density at radius 1 is 1.40 bits per heavy atom. The molecule has 1 fully saturated rings. The summed E-state index contributed by atoms with van der Waals surface area (Å²) in [7, 11) is 1.65. The summed E-state index contributed by atoms with van der Waals surface area (Å²) in [5, 5.41) is 0. The van der Waals surface area contributed by atoms with E-state index in [0.717, 1.165) is 24.4 Å². The first kappa shape index (κ1) is 14.9. The number of carbonyl (C=O) groups is 1. The van der Waals surface area contributed by atoms with Crippen LogP contribution in [0.3, 0.4) is 0 Å². The lowest BCUT2D eigenvalue weighted by Gasteiger charge is -2.15. The predicted octanol–water partition coefficient (Wildman–Crippen LogP) is 1.64. The monoisotopic (exact) mass is 277 g/mol. The Hall–Kier alpha value is -1.49. The van der Waals surface area contributed by atoms with Crippen molar-refractivity contribution in [2.24, 2.45) is 5.92 Å². The fourth-order valence-electron chi connectivity index (χ4n) is 2.43. The van der Waals surface area contributed by atoms with Crippen LogP contribution in [0.25, 0.3) is 0 Å². The molecule has 0 unspecified atom stereocenters. The highest BCUT2D eigenvalue weighted by molar-refractivity contribution is 5.78. The topological polar surface area (TPSA) is 55.3 Å². The van der Waals surface area contributed by atoms with Crippen LogP contribution in [0.4, 0.5) is 0 Å². The van der Waals surface area contributed by atoms with Crippen LogP contribution in [0, 0.1) is 5.92 Å². The molecule has 5 heteroatoms. The molecular formula is C15H23N3O2. The summed E-state index contributed by atoms with van der Waals surface area (Å²) in [6, 6.07) is 0. The molecule has 0 radical (unpaired) electrons. The first-order chi connectivity index (χ1) is 9.60. The van der Waals surface area contributed by atoms with Gasteiger partial charge in [-0.25, -0.2) is 9.97 Å². The number of nitrogens with zero attached hydrogens (tertiary/aromatic N) is 3. The van der Waals surface area contributed by atoms with E-state index in [1.165, 1.54) is 0 Å². The number of rotatable bonds is 6. The molecular weight excluding hydrogens is 254 g/mol. The minimum absolute atomic E-state index is 0.214. The van der Waals surface area contributed by atoms with Crippen molar-refractivity contribution < 1.29 is 9.53 Å². The summed E-state index contributed by atoms with van der Waals surface area (Å²) in [6.07, 6.45) is 5.16. The van der Waals surface area contributed by atoms with E-state index in [0.29, 0.717) is 31.4 Å². The average Bonchev–Trinajstić information content (AvgIpc) is 2.77. The molecule has 20 heavy (non-hydrogen) atoms. The number of carbonyl (C=O) groups excluding carboxylic acids is 1. The molecule has 1 atom stereocenters. The number of ether oxygens (including phenoxy) is 1. The van der Waals surface area contributed by atoms with Gasteiger partial charge in [-0.2, -0.15) is 0 Å². The highest BCUT2D eigenvalue weighted by atomic mass is 16.5. The fraction of sp³-hybridized carbons (Fsp3) is 0.667. The van der Waals surface area contributed by atoms with Crippen molar-refractivity contribution >= 4 is 5.91 Å². The lowest BCUT2D eigenvalue weighted by molar-refractivity contribution is -0.128. The highest BCUT2D eigenvalue weighted by Gasteiger charge is 2.29. The standard InChI is InChI=1S/C15H23N3O2/c1-11(2)13-8-16-14(17-9-13)6-12-7-15(19)18(10-12)4-5-20-3/h8-9,11-12H,4-7,10H2,1-3H3/t12-/m1/s1. The molecule has 110 valence electrons. The van der Waals surface area contributed by atoms with Crippen LogP contribution in [-0.4, -0.2) is 47.6 Å². The summed E-state index contributed by atoms with van der Waals surface area (Å²) >= 11 is 0. The van der Waals surface area contributed by atoms with Gasteiger partial charge in [-0.1, -0.05) is 13.8 Å². The van der Waals surface area contributed by atoms with Crippen molar-refractivity contribution in [1.29, 1.82) is 0 Å². The zero-order chi connectivity index (χ0) is 14.5. The van der Waals surface area contributed by atoms with Crippen molar-refractivity contribution in [2.75, 3.05) is 26.8 Å². The number of hydrogen-bond acceptors (Lipinski definition) is 4. The molecule has 1 aromatic heterocycles. The van der Waals surface area contributed by atoms with Crippen molar-refractivity contribution in [3.05, 3.63) is 23.8 Å². The normalized spacial score (nSPS) is 19.1. The van der Waals surface area contributed by atoms with E-state index in [9.17, 15) is 4.79 Å². The molecule has 5 nitrogen and oxygen atoms in total. The van der Waals surface area contributed by atoms with Crippen LogP contribution >= 0.6 is 0 Å². The number of aromatic nitrogens is 2. The van der Waals surface area contributed by atoms with E-state index < -0.39 is 0 Å². The molecule has 0 saturated carbocycles. The van der Waals surface area contributed by atoms with Gasteiger partial charge in [0.1, 0.15) is 5.82 Å². The van der Waals surface area contributed by atoms with Gasteiger partial charge in [0.2, 0.25) is 5.91 Å². The van der Waals surface area contributed by atoms with E-state index >= 15 is 0 Å². The first-order valence-electron chi connectivity index (χ1n) is 7.17. The first-order valence-corrected chi connectivity index (χ1v) is 7.17. The van der Waals surface area contributed by atoms with E-state index in [1.807, 2.05) is 17.3 Å². The maximum atomic E-state index is 11.9. The molecule has 1 aromatic rings. The van der Waals surface area contributed by atoms with Gasteiger partial charge in [-0.15, -0.1) is 0 Å². The third-order valence-corrected chi connectivity index (χ3v) is 3.72. The Morgan fingerprint density at radius 2 is 2.10 bits per heavy atom. The number of methoxy groups -OCH3 is 1. The molecule has 0 spiro atoms. The minimum atomic E-state index is 0.214. The Kier molecular flexibility index (Phi) is 5.06. The van der Waals surface area contributed by atoms with Gasteiger partial charge in [-0.05, 0) is 17.4 Å². The Morgan fingerprint density at radius 3 is 2.70 bits per heavy atom. The maximum Gasteiger partial charge on any atom is 0.223 e. The molecule has 2 rings (SSSR count). The molecule has 1 amide bonds. The summed E-state index contributed by atoms with van der Waals surface area (Å²) in [4.78, 5) is 22.5. The van der Waals surface area contributed by atoms with Crippen molar-refractivity contribution in [3.63, 3.8) is 0 Å². The van der Waals surface area contributed by atoms with Crippen LogP contribution < -0.4 is 0 Å². The number of hydrogen-bond donors (Lipinski definition) is 0. The molecule has 0 N–H and O–H groups in total. The number of likely N-dealkylation sites (tertiary alicyclic amines) is 1. The Labute approximate surface area is 120 Å². The van der Waals surface area contributed by atoms with Crippen molar-refractivity contribution in [1.82, 2.24) is 14.9 Å². The molecule has 1 saturated heterocycles. The Balaban J connectivity index is 1.89. The molecule has 2 heterocycles. The van der Waals surface area contributed by atoms with Gasteiger partial charge in [0.05, 0.1) is 6.61 Å². The van der Waals surface area contributed by atoms with Gasteiger partial charge in [0.15, 0.2) is 0 Å². The SMILES string of the molecule is COCCN1C[C@H](Cc2ncc(C(C)C)cn2)CC1=O. The van der Waals surface area contributed by atoms with E-state index in [-0.39, 0.29) is 5.91 Å². The summed E-state index contributed by atoms with van der Waals surface area (Å²) < 4.78 is 5.02. The lowest BCUT2D eigenvalue weighted by Crippen LogP contribution is -2.29. The van der Waals surface area contributed by atoms with E-state index in [2.05, 4.69) is 23.8 Å². The minimum Gasteiger partial charge on any atom is -0.383 e. The maximum absolute atomic E-state index is 11.9. The zero-order valence-electron chi connectivity index (χ0n) is 12.5. The largest absolute Gasteiger partial charge is 0.383 e. The van der Waals surface area contributed by atoms with Crippen LogP contribution in [0.5, 0.6) is 0 Å². The second-order valence-corrected chi connectivity index (χ2v) is 5.69. The second kappa shape index (κ2) is 6.79. The predicted molar refractivity (Wildman–Crippen MR) is 76.4 cm³/mol. The van der Waals surface area contributed by atoms with Crippen LogP contribution in [0.15, 0.2) is 12.4 Å². The van der Waals surface area contributed by atoms with Gasteiger partial charge in [-0.3, -0.25) is 4.79 Å². The third-order valence-electron chi connectivity index (χ3n) is 3.72. The second-order valence-electron chi connectivity index (χ2n) is 5.69. The van der Waals surface area contributed by atoms with Crippen molar-refractivity contribution in [3.8, 4) is 0 Å². The van der Waals surface area contributed by atoms with E-state index in [1.54, 1.807) is 7.11 Å². The summed E-state index contributed by atoms with van der Waals surface area (Å²) in [5.41, 5.74) is 1.15. The zero-order valence-corrected chi connectivity index (χ0v) is 12.5. The van der Waals surface area contributed by atoms with Gasteiger partial charge in [0.25, 0.3) is 0 Å².